The third-order valence-electron chi connectivity index (χ3n) is 3.41. The van der Waals surface area contributed by atoms with Crippen LogP contribution in [0.2, 0.25) is 0 Å². The Hall–Kier alpha value is -1.20. The molecule has 1 saturated carbocycles. The second-order valence-corrected chi connectivity index (χ2v) is 5.82. The summed E-state index contributed by atoms with van der Waals surface area (Å²) in [6, 6.07) is 7.73. The van der Waals surface area contributed by atoms with E-state index in [1.807, 2.05) is 24.3 Å². The van der Waals surface area contributed by atoms with Crippen LogP contribution in [0, 0.1) is 5.92 Å². The molecule has 1 unspecified atom stereocenters. The van der Waals surface area contributed by atoms with Gasteiger partial charge in [0.2, 0.25) is 0 Å². The Morgan fingerprint density at radius 2 is 2.00 bits per heavy atom. The number of esters is 1. The average Bonchev–Trinajstić information content (AvgIpc) is 3.29. The van der Waals surface area contributed by atoms with Crippen molar-refractivity contribution in [2.75, 3.05) is 20.0 Å². The molecule has 0 bridgehead atoms. The average molecular weight is 281 g/mol. The lowest BCUT2D eigenvalue weighted by atomic mass is 9.97. The second kappa shape index (κ2) is 5.84. The topological polar surface area (TPSA) is 61.5 Å². The predicted octanol–water partition coefficient (Wildman–Crippen LogP) is 2.07. The Morgan fingerprint density at radius 1 is 1.37 bits per heavy atom. The number of thioether (sulfide) groups is 1. The number of nitrogens with two attached hydrogens (primary N) is 1. The van der Waals surface area contributed by atoms with Crippen LogP contribution in [0.3, 0.4) is 0 Å². The van der Waals surface area contributed by atoms with Gasteiger partial charge in [-0.15, -0.1) is 11.8 Å². The number of benzene rings is 1. The van der Waals surface area contributed by atoms with Gasteiger partial charge >= 0.3 is 5.97 Å². The van der Waals surface area contributed by atoms with E-state index in [-0.39, 0.29) is 11.9 Å². The first-order valence-corrected chi connectivity index (χ1v) is 7.23. The maximum absolute atomic E-state index is 11.9. The van der Waals surface area contributed by atoms with Crippen molar-refractivity contribution in [2.24, 2.45) is 11.7 Å². The molecule has 1 aliphatic carbocycles. The van der Waals surface area contributed by atoms with E-state index in [9.17, 15) is 4.79 Å². The van der Waals surface area contributed by atoms with Gasteiger partial charge in [0, 0.05) is 10.6 Å². The first kappa shape index (κ1) is 14.2. The fourth-order valence-corrected chi connectivity index (χ4v) is 3.09. The minimum Gasteiger partial charge on any atom is -0.497 e. The summed E-state index contributed by atoms with van der Waals surface area (Å²) in [5.74, 6) is 1.30. The Kier molecular flexibility index (Phi) is 4.37. The molecule has 0 aromatic heterocycles. The summed E-state index contributed by atoms with van der Waals surface area (Å²) < 4.78 is 9.95. The molecule has 0 saturated heterocycles. The Balaban J connectivity index is 2.00. The fourth-order valence-electron chi connectivity index (χ4n) is 2.01. The normalized spacial score (nSPS) is 17.6. The molecule has 1 aliphatic rings. The predicted molar refractivity (Wildman–Crippen MR) is 75.4 cm³/mol. The molecule has 19 heavy (non-hydrogen) atoms. The van der Waals surface area contributed by atoms with E-state index < -0.39 is 5.54 Å². The van der Waals surface area contributed by atoms with E-state index in [0.29, 0.717) is 5.75 Å². The minimum absolute atomic E-state index is 0.255. The number of methoxy groups -OCH3 is 2. The van der Waals surface area contributed by atoms with Crippen molar-refractivity contribution in [1.29, 1.82) is 0 Å². The van der Waals surface area contributed by atoms with Gasteiger partial charge in [0.25, 0.3) is 0 Å². The van der Waals surface area contributed by atoms with Gasteiger partial charge in [-0.3, -0.25) is 4.79 Å². The van der Waals surface area contributed by atoms with Crippen LogP contribution in [-0.4, -0.2) is 31.5 Å². The molecule has 0 amide bonds. The molecule has 2 rings (SSSR count). The molecule has 5 heteroatoms. The van der Waals surface area contributed by atoms with Crippen molar-refractivity contribution in [1.82, 2.24) is 0 Å². The summed E-state index contributed by atoms with van der Waals surface area (Å²) in [5, 5.41) is 0. The maximum atomic E-state index is 11.9. The van der Waals surface area contributed by atoms with Gasteiger partial charge in [0.05, 0.1) is 14.2 Å². The Bertz CT molecular complexity index is 445. The zero-order valence-corrected chi connectivity index (χ0v) is 12.0. The molecule has 0 spiro atoms. The molecular weight excluding hydrogens is 262 g/mol. The van der Waals surface area contributed by atoms with Crippen LogP contribution in [0.1, 0.15) is 12.8 Å². The molecule has 1 atom stereocenters. The van der Waals surface area contributed by atoms with E-state index >= 15 is 0 Å². The van der Waals surface area contributed by atoms with Crippen LogP contribution in [0.5, 0.6) is 5.75 Å². The van der Waals surface area contributed by atoms with Gasteiger partial charge in [0.1, 0.15) is 11.3 Å². The molecule has 0 radical (unpaired) electrons. The summed E-state index contributed by atoms with van der Waals surface area (Å²) in [6.45, 7) is 0. The van der Waals surface area contributed by atoms with Gasteiger partial charge in [0.15, 0.2) is 0 Å². The van der Waals surface area contributed by atoms with E-state index in [0.717, 1.165) is 23.5 Å². The molecule has 104 valence electrons. The highest BCUT2D eigenvalue weighted by Gasteiger charge is 2.48. The summed E-state index contributed by atoms with van der Waals surface area (Å²) in [6.07, 6.45) is 2.02. The Labute approximate surface area is 117 Å². The lowest BCUT2D eigenvalue weighted by molar-refractivity contribution is -0.146. The lowest BCUT2D eigenvalue weighted by Gasteiger charge is -2.25. The minimum atomic E-state index is -0.862. The summed E-state index contributed by atoms with van der Waals surface area (Å²) in [7, 11) is 3.03. The highest BCUT2D eigenvalue weighted by Crippen LogP contribution is 2.41. The zero-order chi connectivity index (χ0) is 13.9. The van der Waals surface area contributed by atoms with E-state index in [2.05, 4.69) is 0 Å². The lowest BCUT2D eigenvalue weighted by Crippen LogP contribution is -2.53. The first-order chi connectivity index (χ1) is 9.10. The van der Waals surface area contributed by atoms with Crippen LogP contribution in [0.4, 0.5) is 0 Å². The van der Waals surface area contributed by atoms with Crippen LogP contribution < -0.4 is 10.5 Å². The van der Waals surface area contributed by atoms with Crippen LogP contribution >= 0.6 is 11.8 Å². The molecule has 0 aliphatic heterocycles. The molecule has 0 heterocycles. The molecular formula is C14H19NO3S. The first-order valence-electron chi connectivity index (χ1n) is 6.24. The molecule has 1 aromatic carbocycles. The molecule has 1 aromatic rings. The van der Waals surface area contributed by atoms with Crippen LogP contribution in [0.15, 0.2) is 29.2 Å². The summed E-state index contributed by atoms with van der Waals surface area (Å²) >= 11 is 1.58. The van der Waals surface area contributed by atoms with Crippen LogP contribution in [-0.2, 0) is 9.53 Å². The van der Waals surface area contributed by atoms with Crippen molar-refractivity contribution in [3.8, 4) is 5.75 Å². The molecule has 2 N–H and O–H groups in total. The van der Waals surface area contributed by atoms with Gasteiger partial charge < -0.3 is 15.2 Å². The van der Waals surface area contributed by atoms with Crippen molar-refractivity contribution in [2.45, 2.75) is 23.3 Å². The largest absolute Gasteiger partial charge is 0.497 e. The Morgan fingerprint density at radius 3 is 2.47 bits per heavy atom. The summed E-state index contributed by atoms with van der Waals surface area (Å²) in [4.78, 5) is 12.9. The van der Waals surface area contributed by atoms with E-state index in [1.165, 1.54) is 7.11 Å². The van der Waals surface area contributed by atoms with Crippen molar-refractivity contribution in [3.05, 3.63) is 24.3 Å². The monoisotopic (exact) mass is 281 g/mol. The highest BCUT2D eigenvalue weighted by molar-refractivity contribution is 7.99. The fraction of sp³-hybridized carbons (Fsp3) is 0.500. The standard InChI is InChI=1S/C14H19NO3S/c1-17-11-5-7-12(8-6-11)19-9-14(15,10-3-4-10)13(16)18-2/h5-8,10H,3-4,9,15H2,1-2H3. The zero-order valence-electron chi connectivity index (χ0n) is 11.2. The SMILES string of the molecule is COC(=O)C(N)(CSc1ccc(OC)cc1)C1CC1. The van der Waals surface area contributed by atoms with E-state index in [4.69, 9.17) is 15.2 Å². The van der Waals surface area contributed by atoms with Crippen molar-refractivity contribution in [3.63, 3.8) is 0 Å². The van der Waals surface area contributed by atoms with Crippen LogP contribution in [0.25, 0.3) is 0 Å². The van der Waals surface area contributed by atoms with Crippen molar-refractivity contribution >= 4 is 17.7 Å². The number of carbonyl (C=O) groups is 1. The van der Waals surface area contributed by atoms with Crippen molar-refractivity contribution < 1.29 is 14.3 Å². The number of hydrogen-bond donors (Lipinski definition) is 1. The maximum Gasteiger partial charge on any atom is 0.327 e. The number of rotatable bonds is 6. The van der Waals surface area contributed by atoms with Gasteiger partial charge in [-0.1, -0.05) is 0 Å². The third kappa shape index (κ3) is 3.22. The van der Waals surface area contributed by atoms with Gasteiger partial charge in [-0.2, -0.15) is 0 Å². The van der Waals surface area contributed by atoms with Gasteiger partial charge in [-0.25, -0.2) is 0 Å². The quantitative estimate of drug-likeness (QED) is 0.639. The van der Waals surface area contributed by atoms with Gasteiger partial charge in [-0.05, 0) is 43.0 Å². The molecule has 1 fully saturated rings. The smallest absolute Gasteiger partial charge is 0.327 e. The number of hydrogen-bond acceptors (Lipinski definition) is 5. The highest BCUT2D eigenvalue weighted by atomic mass is 32.2. The number of carbonyl (C=O) groups excluding carboxylic acids is 1. The second-order valence-electron chi connectivity index (χ2n) is 4.77. The molecule has 4 nitrogen and oxygen atoms in total. The summed E-state index contributed by atoms with van der Waals surface area (Å²) in [5.41, 5.74) is 5.38. The van der Waals surface area contributed by atoms with E-state index in [1.54, 1.807) is 18.9 Å². The number of ether oxygens (including phenoxy) is 2. The third-order valence-corrected chi connectivity index (χ3v) is 4.64.